The summed E-state index contributed by atoms with van der Waals surface area (Å²) in [4.78, 5) is 82.0. The summed E-state index contributed by atoms with van der Waals surface area (Å²) >= 11 is 13.2. The highest BCUT2D eigenvalue weighted by Crippen LogP contribution is 2.41. The molecule has 0 radical (unpaired) electrons. The average Bonchev–Trinajstić information content (AvgIpc) is 3.18. The molecule has 0 N–H and O–H groups in total. The van der Waals surface area contributed by atoms with Crippen LogP contribution in [0.3, 0.4) is 0 Å². The number of ketones is 4. The van der Waals surface area contributed by atoms with Crippen molar-refractivity contribution >= 4 is 58.3 Å². The quantitative estimate of drug-likeness (QED) is 0.0642. The van der Waals surface area contributed by atoms with E-state index in [1.807, 2.05) is 48.0 Å². The Kier molecular flexibility index (Phi) is 15.5. The fourth-order valence-corrected chi connectivity index (χ4v) is 7.85. The molecule has 316 valence electrons. The third-order valence-corrected chi connectivity index (χ3v) is 11.7. The average molecular weight is 848 g/mol. The summed E-state index contributed by atoms with van der Waals surface area (Å²) in [5.74, 6) is -3.61. The highest BCUT2D eigenvalue weighted by molar-refractivity contribution is 6.50. The summed E-state index contributed by atoms with van der Waals surface area (Å²) in [6, 6.07) is 0. The van der Waals surface area contributed by atoms with E-state index in [9.17, 15) is 28.8 Å². The first-order valence-corrected chi connectivity index (χ1v) is 21.0. The van der Waals surface area contributed by atoms with Gasteiger partial charge in [-0.1, -0.05) is 99.2 Å². The standard InChI is InChI=1S/C47H56Cl2N2O8/c1-11-28(3)22-30(5)16-18-34-24-36-38(42(54)46(9,58-32(7)52)44(56)40(36)48)26-50(34)20-14-13-15-21-51-27-39-37(25-35(51)19-17-31(6)23-29(4)12-2)41(49)45(57)47(10,43(39)55)59-33(8)53/h16-19,22-29H,11-15,20-21H2,1-10H3/b18-16+,19-17+,30-22+,31-23+/t28-,29-,46-,47-/m0/s1. The van der Waals surface area contributed by atoms with E-state index in [-0.39, 0.29) is 32.4 Å². The number of hydrogen-bond acceptors (Lipinski definition) is 10. The molecule has 0 spiro atoms. The lowest BCUT2D eigenvalue weighted by molar-refractivity contribution is -0.167. The lowest BCUT2D eigenvalue weighted by atomic mass is 9.79. The van der Waals surface area contributed by atoms with Crippen molar-refractivity contribution in [1.29, 1.82) is 0 Å². The molecule has 0 aromatic rings. The number of carbonyl (C=O) groups excluding carboxylic acids is 6. The number of nitrogens with zero attached hydrogens (tertiary/aromatic N) is 2. The zero-order valence-electron chi connectivity index (χ0n) is 35.8. The van der Waals surface area contributed by atoms with Crippen LogP contribution in [0, 0.1) is 11.8 Å². The molecule has 2 aliphatic carbocycles. The monoisotopic (exact) mass is 846 g/mol. The van der Waals surface area contributed by atoms with Crippen LogP contribution in [-0.4, -0.2) is 69.2 Å². The van der Waals surface area contributed by atoms with Crippen LogP contribution >= 0.6 is 23.2 Å². The summed E-state index contributed by atoms with van der Waals surface area (Å²) in [6.07, 6.45) is 23.1. The molecule has 0 aromatic heterocycles. The first kappa shape index (κ1) is 46.9. The number of halogens is 2. The van der Waals surface area contributed by atoms with Gasteiger partial charge in [-0.15, -0.1) is 0 Å². The Bertz CT molecular complexity index is 1980. The molecule has 4 atom stereocenters. The van der Waals surface area contributed by atoms with Gasteiger partial charge in [0, 0.05) is 73.0 Å². The second-order valence-corrected chi connectivity index (χ2v) is 16.7. The molecule has 4 rings (SSSR count). The molecule has 10 nitrogen and oxygen atoms in total. The van der Waals surface area contributed by atoms with Crippen molar-refractivity contribution in [3.8, 4) is 0 Å². The minimum Gasteiger partial charge on any atom is -0.443 e. The molecule has 0 fully saturated rings. The van der Waals surface area contributed by atoms with Crippen LogP contribution in [0.2, 0.25) is 0 Å². The molecule has 2 heterocycles. The van der Waals surface area contributed by atoms with Gasteiger partial charge in [0.2, 0.25) is 34.3 Å². The Morgan fingerprint density at radius 3 is 1.32 bits per heavy atom. The number of ether oxygens (including phenoxy) is 2. The van der Waals surface area contributed by atoms with E-state index in [4.69, 9.17) is 32.7 Å². The number of unbranched alkanes of at least 4 members (excludes halogenated alkanes) is 2. The number of allylic oxidation sites excluding steroid dienone is 12. The summed E-state index contributed by atoms with van der Waals surface area (Å²) in [6.45, 7) is 18.4. The topological polar surface area (TPSA) is 127 Å². The number of Topliss-reactive ketones (excluding diaryl/α,β-unsaturated/α-hetero) is 4. The maximum atomic E-state index is 13.8. The van der Waals surface area contributed by atoms with Gasteiger partial charge in [-0.05, 0) is 83.1 Å². The van der Waals surface area contributed by atoms with Crippen molar-refractivity contribution < 1.29 is 38.2 Å². The van der Waals surface area contributed by atoms with E-state index in [2.05, 4.69) is 39.8 Å². The van der Waals surface area contributed by atoms with E-state index in [0.29, 0.717) is 37.8 Å². The van der Waals surface area contributed by atoms with Gasteiger partial charge in [0.05, 0.1) is 10.1 Å². The smallest absolute Gasteiger partial charge is 0.304 e. The SMILES string of the molecule is CC[C@H](C)/C=C(C)/C=C/C1=CC2=C(Cl)C(=O)[C@@](C)(OC(C)=O)C(=O)C2=CN1CCCCCN1C=C2C(=O)[C@](C)(OC(C)=O)C(=O)C(Cl)=C2C=C1/C=C/C(C)=C/[C@@H](C)CC. The van der Waals surface area contributed by atoms with Crippen LogP contribution in [0.4, 0.5) is 0 Å². The van der Waals surface area contributed by atoms with E-state index >= 15 is 0 Å². The molecular formula is C47H56Cl2N2O8. The molecule has 0 saturated carbocycles. The predicted molar refractivity (Wildman–Crippen MR) is 230 cm³/mol. The van der Waals surface area contributed by atoms with Crippen molar-refractivity contribution in [3.63, 3.8) is 0 Å². The first-order valence-electron chi connectivity index (χ1n) is 20.2. The van der Waals surface area contributed by atoms with Crippen LogP contribution in [0.1, 0.15) is 101 Å². The van der Waals surface area contributed by atoms with Crippen LogP contribution in [0.15, 0.2) is 116 Å². The highest BCUT2D eigenvalue weighted by Gasteiger charge is 2.53. The van der Waals surface area contributed by atoms with Gasteiger partial charge in [-0.3, -0.25) is 28.8 Å². The summed E-state index contributed by atoms with van der Waals surface area (Å²) < 4.78 is 10.5. The van der Waals surface area contributed by atoms with Crippen LogP contribution in [0.5, 0.6) is 0 Å². The largest absolute Gasteiger partial charge is 0.443 e. The van der Waals surface area contributed by atoms with Gasteiger partial charge in [0.25, 0.3) is 0 Å². The molecule has 0 saturated heterocycles. The molecule has 4 aliphatic rings. The molecule has 2 aliphatic heterocycles. The normalized spacial score (nSPS) is 23.9. The molecule has 0 bridgehead atoms. The van der Waals surface area contributed by atoms with E-state index in [0.717, 1.165) is 55.7 Å². The second-order valence-electron chi connectivity index (χ2n) is 16.0. The van der Waals surface area contributed by atoms with Gasteiger partial charge in [-0.2, -0.15) is 0 Å². The fourth-order valence-electron chi connectivity index (χ4n) is 7.18. The highest BCUT2D eigenvalue weighted by atomic mass is 35.5. The minimum absolute atomic E-state index is 0.176. The summed E-state index contributed by atoms with van der Waals surface area (Å²) in [5.41, 5.74) is 0.337. The van der Waals surface area contributed by atoms with Crippen molar-refractivity contribution in [2.45, 2.75) is 113 Å². The zero-order chi connectivity index (χ0) is 44.0. The molecule has 12 heteroatoms. The maximum Gasteiger partial charge on any atom is 0.304 e. The molecular weight excluding hydrogens is 791 g/mol. The van der Waals surface area contributed by atoms with Gasteiger partial charge >= 0.3 is 11.9 Å². The number of hydrogen-bond donors (Lipinski definition) is 0. The Hall–Kier alpha value is -4.80. The Morgan fingerprint density at radius 1 is 0.644 bits per heavy atom. The third-order valence-electron chi connectivity index (χ3n) is 10.9. The van der Waals surface area contributed by atoms with Crippen molar-refractivity contribution in [2.75, 3.05) is 13.1 Å². The Morgan fingerprint density at radius 2 is 1.00 bits per heavy atom. The van der Waals surface area contributed by atoms with Crippen molar-refractivity contribution in [3.05, 3.63) is 116 Å². The van der Waals surface area contributed by atoms with Crippen LogP contribution in [0.25, 0.3) is 0 Å². The van der Waals surface area contributed by atoms with E-state index < -0.39 is 46.3 Å². The number of esters is 2. The summed E-state index contributed by atoms with van der Waals surface area (Å²) in [7, 11) is 0. The Balaban J connectivity index is 1.62. The number of rotatable bonds is 16. The lowest BCUT2D eigenvalue weighted by Crippen LogP contribution is -2.52. The molecule has 0 aromatic carbocycles. The molecule has 0 amide bonds. The third kappa shape index (κ3) is 10.5. The maximum absolute atomic E-state index is 13.8. The van der Waals surface area contributed by atoms with Crippen LogP contribution < -0.4 is 0 Å². The fraction of sp³-hybridized carbons (Fsp3) is 0.447. The van der Waals surface area contributed by atoms with Gasteiger partial charge in [0.1, 0.15) is 0 Å². The molecule has 0 unspecified atom stereocenters. The second kappa shape index (κ2) is 19.5. The first-order chi connectivity index (χ1) is 27.7. The minimum atomic E-state index is -2.08. The van der Waals surface area contributed by atoms with Gasteiger partial charge < -0.3 is 19.3 Å². The number of carbonyl (C=O) groups is 6. The lowest BCUT2D eigenvalue weighted by Gasteiger charge is -2.36. The molecule has 59 heavy (non-hydrogen) atoms. The predicted octanol–water partition coefficient (Wildman–Crippen LogP) is 9.35. The van der Waals surface area contributed by atoms with Gasteiger partial charge in [-0.25, -0.2) is 0 Å². The van der Waals surface area contributed by atoms with E-state index in [1.54, 1.807) is 24.6 Å². The van der Waals surface area contributed by atoms with Crippen molar-refractivity contribution in [1.82, 2.24) is 9.80 Å². The summed E-state index contributed by atoms with van der Waals surface area (Å²) in [5, 5.41) is -0.353. The van der Waals surface area contributed by atoms with Crippen LogP contribution in [-0.2, 0) is 38.2 Å². The van der Waals surface area contributed by atoms with E-state index in [1.165, 1.54) is 13.8 Å². The Labute approximate surface area is 358 Å². The zero-order valence-corrected chi connectivity index (χ0v) is 37.3. The van der Waals surface area contributed by atoms with Crippen molar-refractivity contribution in [2.24, 2.45) is 11.8 Å². The number of fused-ring (bicyclic) bond motifs is 2. The van der Waals surface area contributed by atoms with Gasteiger partial charge in [0.15, 0.2) is 0 Å².